The van der Waals surface area contributed by atoms with Crippen LogP contribution >= 0.6 is 0 Å². The third-order valence-electron chi connectivity index (χ3n) is 6.39. The van der Waals surface area contributed by atoms with Crippen molar-refractivity contribution in [3.63, 3.8) is 0 Å². The number of unbranched alkanes of at least 4 members (excludes halogenated alkanes) is 6. The van der Waals surface area contributed by atoms with Crippen LogP contribution in [-0.2, 0) is 16.0 Å². The predicted molar refractivity (Wildman–Crippen MR) is 126 cm³/mol. The van der Waals surface area contributed by atoms with Crippen LogP contribution in [0.2, 0.25) is 0 Å². The lowest BCUT2D eigenvalue weighted by atomic mass is 10.0. The summed E-state index contributed by atoms with van der Waals surface area (Å²) in [6.45, 7) is 8.74. The molecule has 0 N–H and O–H groups in total. The molecule has 0 aromatic heterocycles. The first kappa shape index (κ1) is 27.7. The lowest BCUT2D eigenvalue weighted by Crippen LogP contribution is -3.00. The number of hydrogen-bond acceptors (Lipinski definition) is 2. The van der Waals surface area contributed by atoms with Gasteiger partial charge in [-0.25, -0.2) is 4.79 Å². The van der Waals surface area contributed by atoms with E-state index in [1.54, 1.807) is 0 Å². The van der Waals surface area contributed by atoms with Crippen molar-refractivity contribution in [1.29, 1.82) is 0 Å². The predicted octanol–water partition coefficient (Wildman–Crippen LogP) is 3.47. The summed E-state index contributed by atoms with van der Waals surface area (Å²) >= 11 is 0. The molecule has 31 heavy (non-hydrogen) atoms. The molecule has 0 atom stereocenters. The van der Waals surface area contributed by atoms with Crippen molar-refractivity contribution in [3.8, 4) is 0 Å². The van der Waals surface area contributed by atoms with E-state index in [0.29, 0.717) is 13.2 Å². The fourth-order valence-electron chi connectivity index (χ4n) is 4.49. The van der Waals surface area contributed by atoms with Gasteiger partial charge >= 0.3 is 5.97 Å². The van der Waals surface area contributed by atoms with Crippen molar-refractivity contribution in [2.24, 2.45) is 0 Å². The molecular weight excluding hydrogens is 406 g/mol. The summed E-state index contributed by atoms with van der Waals surface area (Å²) in [6.07, 6.45) is 15.8. The molecular formula is C27H44ClNO2. The standard InChI is InChI=1S/C27H44NO2.ClH/c1-3-4-5-6-7-8-15-22-30-27(29)24-28(19-13-10-14-20-28)21-18-25(2)23-26-16-11-9-12-17-26;/h9,11-12,16-18H,3-8,10,13-15,19-24H2,1-2H3;1H/q+1;/p-1/b25-18-;. The number of nitrogens with zero attached hydrogens (tertiary/aromatic N) is 1. The van der Waals surface area contributed by atoms with Gasteiger partial charge in [0.15, 0.2) is 6.54 Å². The number of carbonyl (C=O) groups excluding carboxylic acids is 1. The van der Waals surface area contributed by atoms with Crippen LogP contribution in [-0.4, -0.2) is 43.2 Å². The van der Waals surface area contributed by atoms with E-state index in [1.165, 1.54) is 68.9 Å². The van der Waals surface area contributed by atoms with Crippen molar-refractivity contribution in [2.75, 3.05) is 32.8 Å². The van der Waals surface area contributed by atoms with Gasteiger partial charge in [0.1, 0.15) is 0 Å². The van der Waals surface area contributed by atoms with Crippen molar-refractivity contribution in [1.82, 2.24) is 0 Å². The second-order valence-corrected chi connectivity index (χ2v) is 9.24. The Balaban J connectivity index is 0.00000480. The number of benzene rings is 1. The Morgan fingerprint density at radius 3 is 2.29 bits per heavy atom. The maximum absolute atomic E-state index is 12.6. The lowest BCUT2D eigenvalue weighted by molar-refractivity contribution is -0.920. The number of hydrogen-bond donors (Lipinski definition) is 0. The molecule has 0 bridgehead atoms. The zero-order valence-corrected chi connectivity index (χ0v) is 20.7. The highest BCUT2D eigenvalue weighted by Gasteiger charge is 2.32. The molecule has 3 nitrogen and oxygen atoms in total. The van der Waals surface area contributed by atoms with Crippen LogP contribution in [0.4, 0.5) is 0 Å². The smallest absolute Gasteiger partial charge is 0.361 e. The van der Waals surface area contributed by atoms with Gasteiger partial charge in [-0.15, -0.1) is 0 Å². The molecule has 2 rings (SSSR count). The second kappa shape index (κ2) is 16.3. The van der Waals surface area contributed by atoms with Crippen molar-refractivity contribution >= 4 is 5.97 Å². The van der Waals surface area contributed by atoms with Gasteiger partial charge < -0.3 is 21.6 Å². The quantitative estimate of drug-likeness (QED) is 0.188. The average Bonchev–Trinajstić information content (AvgIpc) is 2.76. The average molecular weight is 450 g/mol. The molecule has 176 valence electrons. The van der Waals surface area contributed by atoms with Crippen LogP contribution < -0.4 is 12.4 Å². The Labute approximate surface area is 197 Å². The number of halogens is 1. The monoisotopic (exact) mass is 449 g/mol. The molecule has 1 aliphatic heterocycles. The second-order valence-electron chi connectivity index (χ2n) is 9.24. The summed E-state index contributed by atoms with van der Waals surface area (Å²) < 4.78 is 6.50. The summed E-state index contributed by atoms with van der Waals surface area (Å²) in [5, 5.41) is 0. The highest BCUT2D eigenvalue weighted by molar-refractivity contribution is 5.70. The van der Waals surface area contributed by atoms with Crippen LogP contribution in [0.5, 0.6) is 0 Å². The van der Waals surface area contributed by atoms with Crippen LogP contribution in [0.25, 0.3) is 0 Å². The number of likely N-dealkylation sites (tertiary alicyclic amines) is 1. The fraction of sp³-hybridized carbons (Fsp3) is 0.667. The molecule has 0 aliphatic carbocycles. The van der Waals surface area contributed by atoms with E-state index in [1.807, 2.05) is 0 Å². The van der Waals surface area contributed by atoms with Crippen LogP contribution in [0, 0.1) is 0 Å². The van der Waals surface area contributed by atoms with E-state index < -0.39 is 0 Å². The van der Waals surface area contributed by atoms with E-state index in [2.05, 4.69) is 50.3 Å². The molecule has 4 heteroatoms. The van der Waals surface area contributed by atoms with E-state index >= 15 is 0 Å². The first-order valence-electron chi connectivity index (χ1n) is 12.3. The van der Waals surface area contributed by atoms with Crippen molar-refractivity contribution in [2.45, 2.75) is 84.5 Å². The normalized spacial score (nSPS) is 15.9. The van der Waals surface area contributed by atoms with Gasteiger partial charge in [-0.2, -0.15) is 0 Å². The van der Waals surface area contributed by atoms with Gasteiger partial charge in [0, 0.05) is 0 Å². The Morgan fingerprint density at radius 2 is 1.61 bits per heavy atom. The molecule has 1 fully saturated rings. The maximum Gasteiger partial charge on any atom is 0.361 e. The summed E-state index contributed by atoms with van der Waals surface area (Å²) in [5.74, 6) is -0.00278. The Morgan fingerprint density at radius 1 is 0.968 bits per heavy atom. The molecule has 0 spiro atoms. The minimum Gasteiger partial charge on any atom is -1.00 e. The third kappa shape index (κ3) is 11.8. The molecule has 1 heterocycles. The fourth-order valence-corrected chi connectivity index (χ4v) is 4.49. The first-order chi connectivity index (χ1) is 14.6. The first-order valence-corrected chi connectivity index (χ1v) is 12.3. The number of rotatable bonds is 14. The topological polar surface area (TPSA) is 26.3 Å². The lowest BCUT2D eigenvalue weighted by Gasteiger charge is -2.40. The Bertz CT molecular complexity index is 623. The third-order valence-corrected chi connectivity index (χ3v) is 6.39. The van der Waals surface area contributed by atoms with Gasteiger partial charge in [-0.3, -0.25) is 0 Å². The Kier molecular flexibility index (Phi) is 14.6. The molecule has 0 saturated carbocycles. The summed E-state index contributed by atoms with van der Waals surface area (Å²) in [4.78, 5) is 12.6. The summed E-state index contributed by atoms with van der Waals surface area (Å²) in [7, 11) is 0. The minimum absolute atomic E-state index is 0. The highest BCUT2D eigenvalue weighted by atomic mass is 35.5. The zero-order valence-electron chi connectivity index (χ0n) is 19.9. The Hall–Kier alpha value is -1.32. The number of piperidine rings is 1. The molecule has 0 unspecified atom stereocenters. The molecule has 1 saturated heterocycles. The SMILES string of the molecule is CCCCCCCCCOC(=O)C[N+]1(C/C=C(/C)Cc2ccccc2)CCCCC1.[Cl-]. The largest absolute Gasteiger partial charge is 1.00 e. The van der Waals surface area contributed by atoms with Crippen LogP contribution in [0.1, 0.15) is 83.6 Å². The van der Waals surface area contributed by atoms with Gasteiger partial charge in [0.05, 0.1) is 26.2 Å². The number of quaternary nitrogens is 1. The van der Waals surface area contributed by atoms with Crippen LogP contribution in [0.3, 0.4) is 0 Å². The van der Waals surface area contributed by atoms with Crippen molar-refractivity contribution in [3.05, 3.63) is 47.5 Å². The van der Waals surface area contributed by atoms with Crippen LogP contribution in [0.15, 0.2) is 42.0 Å². The van der Waals surface area contributed by atoms with E-state index in [9.17, 15) is 4.79 Å². The highest BCUT2D eigenvalue weighted by Crippen LogP contribution is 2.20. The maximum atomic E-state index is 12.6. The molecule has 0 amide bonds. The minimum atomic E-state index is -0.00278. The summed E-state index contributed by atoms with van der Waals surface area (Å²) in [6, 6.07) is 10.6. The van der Waals surface area contributed by atoms with E-state index in [4.69, 9.17) is 4.74 Å². The van der Waals surface area contributed by atoms with Gasteiger partial charge in [0.25, 0.3) is 0 Å². The van der Waals surface area contributed by atoms with E-state index in [-0.39, 0.29) is 18.4 Å². The molecule has 1 aliphatic rings. The zero-order chi connectivity index (χ0) is 21.5. The van der Waals surface area contributed by atoms with E-state index in [0.717, 1.165) is 37.0 Å². The van der Waals surface area contributed by atoms with Crippen molar-refractivity contribution < 1.29 is 26.4 Å². The number of esters is 1. The van der Waals surface area contributed by atoms with Gasteiger partial charge in [-0.1, -0.05) is 81.4 Å². The summed E-state index contributed by atoms with van der Waals surface area (Å²) in [5.41, 5.74) is 2.74. The number of carbonyl (C=O) groups is 1. The van der Waals surface area contributed by atoms with Gasteiger partial charge in [0.2, 0.25) is 0 Å². The molecule has 1 aromatic carbocycles. The number of allylic oxidation sites excluding steroid dienone is 1. The molecule has 0 radical (unpaired) electrons. The van der Waals surface area contributed by atoms with Gasteiger partial charge in [-0.05, 0) is 50.7 Å². The number of ether oxygens (including phenoxy) is 1. The molecule has 1 aromatic rings.